The Hall–Kier alpha value is -3.06. The summed E-state index contributed by atoms with van der Waals surface area (Å²) in [7, 11) is 0. The number of carbonyl (C=O) groups is 1. The zero-order valence-corrected chi connectivity index (χ0v) is 18.8. The molecule has 2 heterocycles. The van der Waals surface area contributed by atoms with Gasteiger partial charge in [0, 0.05) is 25.1 Å². The van der Waals surface area contributed by atoms with E-state index < -0.39 is 11.7 Å². The van der Waals surface area contributed by atoms with Crippen molar-refractivity contribution in [1.82, 2.24) is 10.2 Å². The molecule has 170 valence electrons. The number of hydrogen-bond acceptors (Lipinski definition) is 6. The Bertz CT molecular complexity index is 1030. The van der Waals surface area contributed by atoms with Crippen LogP contribution >= 0.6 is 0 Å². The molecule has 0 bridgehead atoms. The molecule has 1 N–H and O–H groups in total. The van der Waals surface area contributed by atoms with Crippen molar-refractivity contribution in [2.24, 2.45) is 5.92 Å². The highest BCUT2D eigenvalue weighted by atomic mass is 16.6. The van der Waals surface area contributed by atoms with Crippen molar-refractivity contribution < 1.29 is 18.7 Å². The maximum absolute atomic E-state index is 12.5. The van der Waals surface area contributed by atoms with Crippen LogP contribution < -0.4 is 15.5 Å². The Balaban J connectivity index is 1.24. The summed E-state index contributed by atoms with van der Waals surface area (Å²) in [4.78, 5) is 26.6. The number of nitrogens with one attached hydrogen (secondary N) is 1. The molecule has 0 radical (unpaired) electrons. The molecule has 0 fully saturated rings. The zero-order chi connectivity index (χ0) is 22.7. The van der Waals surface area contributed by atoms with Gasteiger partial charge in [0.25, 0.3) is 0 Å². The minimum absolute atomic E-state index is 0.0946. The highest BCUT2D eigenvalue weighted by Crippen LogP contribution is 2.24. The first-order valence-corrected chi connectivity index (χ1v) is 11.0. The summed E-state index contributed by atoms with van der Waals surface area (Å²) in [6.07, 6.45) is 5.57. The number of amides is 1. The molecule has 2 aliphatic rings. The van der Waals surface area contributed by atoms with E-state index in [0.717, 1.165) is 13.1 Å². The summed E-state index contributed by atoms with van der Waals surface area (Å²) in [6, 6.07) is 9.76. The molecule has 2 aromatic rings. The summed E-state index contributed by atoms with van der Waals surface area (Å²) in [6.45, 7) is 8.11. The van der Waals surface area contributed by atoms with Gasteiger partial charge in [0.2, 0.25) is 11.2 Å². The standard InChI is InChI=1S/C25H30N2O5/c1-25(2,3)32-24(29)26-20-9-8-17(10-20)15-31-23-16-30-21(11-22(23)28)14-27-12-18-6-4-5-7-19(18)13-27/h4-9,11,16-17,20H,10,12-15H2,1-3H3,(H,26,29). The first-order valence-electron chi connectivity index (χ1n) is 11.0. The first-order chi connectivity index (χ1) is 15.2. The van der Waals surface area contributed by atoms with Gasteiger partial charge in [-0.3, -0.25) is 9.69 Å². The van der Waals surface area contributed by atoms with Crippen LogP contribution in [0.2, 0.25) is 0 Å². The van der Waals surface area contributed by atoms with E-state index in [1.165, 1.54) is 23.5 Å². The van der Waals surface area contributed by atoms with Crippen LogP contribution in [0.25, 0.3) is 0 Å². The van der Waals surface area contributed by atoms with Gasteiger partial charge in [-0.15, -0.1) is 0 Å². The number of alkyl carbamates (subject to hydrolysis) is 1. The maximum atomic E-state index is 12.5. The summed E-state index contributed by atoms with van der Waals surface area (Å²) in [5.41, 5.74) is 1.92. The van der Waals surface area contributed by atoms with E-state index in [9.17, 15) is 9.59 Å². The van der Waals surface area contributed by atoms with Crippen molar-refractivity contribution in [2.75, 3.05) is 6.61 Å². The number of fused-ring (bicyclic) bond motifs is 1. The van der Waals surface area contributed by atoms with E-state index in [1.54, 1.807) is 0 Å². The van der Waals surface area contributed by atoms with Crippen molar-refractivity contribution in [3.05, 3.63) is 75.9 Å². The second kappa shape index (κ2) is 9.20. The molecule has 1 aliphatic carbocycles. The SMILES string of the molecule is CC(C)(C)OC(=O)NC1C=CC(COc2coc(CN3Cc4ccccc4C3)cc2=O)C1. The summed E-state index contributed by atoms with van der Waals surface area (Å²) < 4.78 is 16.7. The lowest BCUT2D eigenvalue weighted by Gasteiger charge is -2.21. The molecule has 0 saturated carbocycles. The van der Waals surface area contributed by atoms with Gasteiger partial charge < -0.3 is 19.2 Å². The third kappa shape index (κ3) is 5.79. The summed E-state index contributed by atoms with van der Waals surface area (Å²) in [5.74, 6) is 0.921. The third-order valence-electron chi connectivity index (χ3n) is 5.47. The van der Waals surface area contributed by atoms with Crippen LogP contribution in [-0.2, 0) is 24.4 Å². The van der Waals surface area contributed by atoms with Crippen LogP contribution in [0.1, 0.15) is 44.1 Å². The molecule has 7 nitrogen and oxygen atoms in total. The van der Waals surface area contributed by atoms with Crippen LogP contribution in [0.15, 0.2) is 58.0 Å². The number of carbonyl (C=O) groups excluding carboxylic acids is 1. The Morgan fingerprint density at radius 3 is 2.56 bits per heavy atom. The highest BCUT2D eigenvalue weighted by molar-refractivity contribution is 5.68. The van der Waals surface area contributed by atoms with Crippen molar-refractivity contribution in [1.29, 1.82) is 0 Å². The van der Waals surface area contributed by atoms with Crippen LogP contribution in [0.3, 0.4) is 0 Å². The smallest absolute Gasteiger partial charge is 0.408 e. The van der Waals surface area contributed by atoms with Gasteiger partial charge in [-0.1, -0.05) is 36.4 Å². The summed E-state index contributed by atoms with van der Waals surface area (Å²) >= 11 is 0. The predicted molar refractivity (Wildman–Crippen MR) is 120 cm³/mol. The fraction of sp³-hybridized carbons (Fsp3) is 0.440. The van der Waals surface area contributed by atoms with E-state index in [2.05, 4.69) is 22.3 Å². The molecule has 1 amide bonds. The monoisotopic (exact) mass is 438 g/mol. The molecule has 0 spiro atoms. The van der Waals surface area contributed by atoms with E-state index in [-0.39, 0.29) is 23.1 Å². The molecule has 0 saturated heterocycles. The Morgan fingerprint density at radius 1 is 1.19 bits per heavy atom. The second-order valence-electron chi connectivity index (χ2n) is 9.43. The van der Waals surface area contributed by atoms with E-state index >= 15 is 0 Å². The van der Waals surface area contributed by atoms with Crippen molar-refractivity contribution in [3.63, 3.8) is 0 Å². The zero-order valence-electron chi connectivity index (χ0n) is 18.8. The average molecular weight is 439 g/mol. The maximum Gasteiger partial charge on any atom is 0.408 e. The lowest BCUT2D eigenvalue weighted by Crippen LogP contribution is -2.37. The molecule has 1 aromatic carbocycles. The normalized spacial score (nSPS) is 20.2. The van der Waals surface area contributed by atoms with Gasteiger partial charge in [0.1, 0.15) is 17.6 Å². The van der Waals surface area contributed by atoms with E-state index in [4.69, 9.17) is 13.9 Å². The number of rotatable bonds is 6. The van der Waals surface area contributed by atoms with Gasteiger partial charge >= 0.3 is 6.09 Å². The van der Waals surface area contributed by atoms with Crippen LogP contribution in [0, 0.1) is 5.92 Å². The molecule has 2 unspecified atom stereocenters. The summed E-state index contributed by atoms with van der Waals surface area (Å²) in [5, 5.41) is 2.83. The fourth-order valence-electron chi connectivity index (χ4n) is 4.02. The Morgan fingerprint density at radius 2 is 1.91 bits per heavy atom. The quantitative estimate of drug-likeness (QED) is 0.687. The van der Waals surface area contributed by atoms with E-state index in [1.807, 2.05) is 45.1 Å². The molecule has 4 rings (SSSR count). The molecular formula is C25H30N2O5. The van der Waals surface area contributed by atoms with Crippen LogP contribution in [0.4, 0.5) is 4.79 Å². The Kier molecular flexibility index (Phi) is 6.37. The van der Waals surface area contributed by atoms with Crippen LogP contribution in [0.5, 0.6) is 5.75 Å². The lowest BCUT2D eigenvalue weighted by atomic mass is 10.1. The minimum atomic E-state index is -0.534. The minimum Gasteiger partial charge on any atom is -0.486 e. The highest BCUT2D eigenvalue weighted by Gasteiger charge is 2.24. The predicted octanol–water partition coefficient (Wildman–Crippen LogP) is 4.00. The average Bonchev–Trinajstić information content (AvgIpc) is 3.31. The third-order valence-corrected chi connectivity index (χ3v) is 5.47. The van der Waals surface area contributed by atoms with Crippen LogP contribution in [-0.4, -0.2) is 29.2 Å². The molecule has 1 aliphatic heterocycles. The van der Waals surface area contributed by atoms with Crippen molar-refractivity contribution in [2.45, 2.75) is 58.5 Å². The van der Waals surface area contributed by atoms with E-state index in [0.29, 0.717) is 25.3 Å². The second-order valence-corrected chi connectivity index (χ2v) is 9.43. The molecule has 7 heteroatoms. The van der Waals surface area contributed by atoms with Gasteiger partial charge in [0.05, 0.1) is 19.2 Å². The number of ether oxygens (including phenoxy) is 2. The molecule has 32 heavy (non-hydrogen) atoms. The number of hydrogen-bond donors (Lipinski definition) is 1. The molecule has 1 aromatic heterocycles. The Labute approximate surface area is 188 Å². The number of benzene rings is 1. The van der Waals surface area contributed by atoms with Gasteiger partial charge in [-0.05, 0) is 38.3 Å². The fourth-order valence-corrected chi connectivity index (χ4v) is 4.02. The van der Waals surface area contributed by atoms with Gasteiger partial charge in [-0.2, -0.15) is 0 Å². The topological polar surface area (TPSA) is 81.0 Å². The molecule has 2 atom stereocenters. The largest absolute Gasteiger partial charge is 0.486 e. The lowest BCUT2D eigenvalue weighted by molar-refractivity contribution is 0.0511. The van der Waals surface area contributed by atoms with Crippen molar-refractivity contribution in [3.8, 4) is 5.75 Å². The van der Waals surface area contributed by atoms with Gasteiger partial charge in [0.15, 0.2) is 0 Å². The van der Waals surface area contributed by atoms with Gasteiger partial charge in [-0.25, -0.2) is 4.79 Å². The number of nitrogens with zero attached hydrogens (tertiary/aromatic N) is 1. The van der Waals surface area contributed by atoms with Crippen molar-refractivity contribution >= 4 is 6.09 Å². The first kappa shape index (κ1) is 22.1. The molecular weight excluding hydrogens is 408 g/mol.